The number of ether oxygens (including phenoxy) is 1. The lowest BCUT2D eigenvalue weighted by Crippen LogP contribution is -2.41. The molecule has 1 fully saturated rings. The molecule has 0 unspecified atom stereocenters. The SMILES string of the molecule is CC(C)N1CCC(Oc2nc(Cn3nc(-c4cn[nH]c4)c4c(N)ncnc43)cc3cccc(Cl)c23)CC1. The molecule has 6 rings (SSSR count). The van der Waals surface area contributed by atoms with E-state index in [1.165, 1.54) is 6.33 Å². The monoisotopic (exact) mass is 517 g/mol. The predicted molar refractivity (Wildman–Crippen MR) is 144 cm³/mol. The van der Waals surface area contributed by atoms with E-state index in [4.69, 9.17) is 32.2 Å². The molecular formula is C26H28ClN9O. The summed E-state index contributed by atoms with van der Waals surface area (Å²) in [6.07, 6.45) is 6.90. The van der Waals surface area contributed by atoms with Crippen molar-refractivity contribution >= 4 is 39.2 Å². The van der Waals surface area contributed by atoms with Crippen LogP contribution in [-0.4, -0.2) is 65.1 Å². The summed E-state index contributed by atoms with van der Waals surface area (Å²) in [5.41, 5.74) is 9.11. The van der Waals surface area contributed by atoms with E-state index in [9.17, 15) is 0 Å². The first-order valence-electron chi connectivity index (χ1n) is 12.4. The fourth-order valence-electron chi connectivity index (χ4n) is 5.00. The Labute approximate surface area is 218 Å². The molecule has 0 aliphatic carbocycles. The van der Waals surface area contributed by atoms with Gasteiger partial charge in [0.15, 0.2) is 5.65 Å². The maximum absolute atomic E-state index is 6.63. The normalized spacial score (nSPS) is 15.2. The Hall–Kier alpha value is -3.76. The van der Waals surface area contributed by atoms with Crippen molar-refractivity contribution in [2.45, 2.75) is 45.4 Å². The molecule has 4 aromatic heterocycles. The van der Waals surface area contributed by atoms with Gasteiger partial charge in [0.25, 0.3) is 0 Å². The Morgan fingerprint density at radius 1 is 1.19 bits per heavy atom. The number of rotatable bonds is 6. The van der Waals surface area contributed by atoms with E-state index in [1.807, 2.05) is 24.3 Å². The van der Waals surface area contributed by atoms with Gasteiger partial charge in [0.2, 0.25) is 5.88 Å². The zero-order valence-corrected chi connectivity index (χ0v) is 21.5. The van der Waals surface area contributed by atoms with Gasteiger partial charge in [-0.15, -0.1) is 0 Å². The third-order valence-electron chi connectivity index (χ3n) is 6.95. The first kappa shape index (κ1) is 23.6. The number of hydrogen-bond acceptors (Lipinski definition) is 8. The van der Waals surface area contributed by atoms with Gasteiger partial charge < -0.3 is 15.4 Å². The zero-order valence-electron chi connectivity index (χ0n) is 20.7. The minimum Gasteiger partial charge on any atom is -0.474 e. The fraction of sp³-hybridized carbons (Fsp3) is 0.346. The molecule has 5 heterocycles. The molecule has 190 valence electrons. The number of nitrogens with zero attached hydrogens (tertiary/aromatic N) is 7. The van der Waals surface area contributed by atoms with Crippen LogP contribution >= 0.6 is 11.6 Å². The lowest BCUT2D eigenvalue weighted by molar-refractivity contribution is 0.0822. The van der Waals surface area contributed by atoms with Crippen molar-refractivity contribution in [3.63, 3.8) is 0 Å². The quantitative estimate of drug-likeness (QED) is 0.341. The standard InChI is InChI=1S/C26H28ClN9O/c1-15(2)35-8-6-19(7-9-35)37-26-21-16(4-3-5-20(21)27)10-18(33-26)13-36-25-22(24(28)29-14-30-25)23(34-36)17-11-31-32-12-17/h3-5,10-12,14-15,19H,6-9,13H2,1-2H3,(H,31,32)(H2,28,29,30). The number of anilines is 1. The second-order valence-corrected chi connectivity index (χ2v) is 10.1. The van der Waals surface area contributed by atoms with Crippen LogP contribution in [0.25, 0.3) is 33.1 Å². The summed E-state index contributed by atoms with van der Waals surface area (Å²) in [7, 11) is 0. The van der Waals surface area contributed by atoms with E-state index in [-0.39, 0.29) is 6.10 Å². The summed E-state index contributed by atoms with van der Waals surface area (Å²) in [5.74, 6) is 0.921. The Bertz CT molecular complexity index is 1560. The van der Waals surface area contributed by atoms with Crippen LogP contribution in [0.4, 0.5) is 5.82 Å². The van der Waals surface area contributed by atoms with Gasteiger partial charge in [-0.2, -0.15) is 10.2 Å². The first-order chi connectivity index (χ1) is 18.0. The van der Waals surface area contributed by atoms with E-state index in [0.717, 1.165) is 48.0 Å². The number of hydrogen-bond donors (Lipinski definition) is 2. The van der Waals surface area contributed by atoms with E-state index in [2.05, 4.69) is 38.9 Å². The fourth-order valence-corrected chi connectivity index (χ4v) is 5.26. The maximum Gasteiger partial charge on any atom is 0.223 e. The van der Waals surface area contributed by atoms with Gasteiger partial charge in [-0.05, 0) is 44.2 Å². The zero-order chi connectivity index (χ0) is 25.5. The van der Waals surface area contributed by atoms with E-state index < -0.39 is 0 Å². The van der Waals surface area contributed by atoms with E-state index in [1.54, 1.807) is 17.1 Å². The highest BCUT2D eigenvalue weighted by Crippen LogP contribution is 2.34. The predicted octanol–water partition coefficient (Wildman–Crippen LogP) is 4.30. The molecule has 10 nitrogen and oxygen atoms in total. The number of pyridine rings is 1. The molecule has 11 heteroatoms. The van der Waals surface area contributed by atoms with Crippen LogP contribution in [0.15, 0.2) is 43.0 Å². The second kappa shape index (κ2) is 9.60. The summed E-state index contributed by atoms with van der Waals surface area (Å²) in [6, 6.07) is 8.39. The highest BCUT2D eigenvalue weighted by molar-refractivity contribution is 6.36. The number of piperidine rings is 1. The van der Waals surface area contributed by atoms with Gasteiger partial charge in [-0.1, -0.05) is 23.7 Å². The largest absolute Gasteiger partial charge is 0.474 e. The Morgan fingerprint density at radius 2 is 2.03 bits per heavy atom. The highest BCUT2D eigenvalue weighted by atomic mass is 35.5. The van der Waals surface area contributed by atoms with Crippen molar-refractivity contribution in [1.29, 1.82) is 0 Å². The molecule has 0 spiro atoms. The topological polar surface area (TPSA) is 124 Å². The third kappa shape index (κ3) is 4.47. The molecule has 1 aliphatic heterocycles. The summed E-state index contributed by atoms with van der Waals surface area (Å²) in [4.78, 5) is 16.1. The number of likely N-dealkylation sites (tertiary alicyclic amines) is 1. The summed E-state index contributed by atoms with van der Waals surface area (Å²) < 4.78 is 8.31. The molecule has 37 heavy (non-hydrogen) atoms. The van der Waals surface area contributed by atoms with E-state index >= 15 is 0 Å². The number of aromatic nitrogens is 7. The smallest absolute Gasteiger partial charge is 0.223 e. The van der Waals surface area contributed by atoms with Crippen molar-refractivity contribution in [2.24, 2.45) is 0 Å². The lowest BCUT2D eigenvalue weighted by Gasteiger charge is -2.34. The molecule has 0 amide bonds. The van der Waals surface area contributed by atoms with Crippen molar-refractivity contribution < 1.29 is 4.74 Å². The number of nitrogens with one attached hydrogen (secondary N) is 1. The van der Waals surface area contributed by atoms with Crippen molar-refractivity contribution in [1.82, 2.24) is 39.8 Å². The van der Waals surface area contributed by atoms with Crippen LogP contribution in [0, 0.1) is 0 Å². The van der Waals surface area contributed by atoms with Crippen LogP contribution in [0.1, 0.15) is 32.4 Å². The molecule has 0 atom stereocenters. The number of halogens is 1. The Morgan fingerprint density at radius 3 is 2.78 bits per heavy atom. The number of fused-ring (bicyclic) bond motifs is 2. The molecule has 1 aromatic carbocycles. The molecule has 5 aromatic rings. The number of H-pyrrole nitrogens is 1. The van der Waals surface area contributed by atoms with Crippen molar-refractivity contribution in [3.8, 4) is 17.1 Å². The third-order valence-corrected chi connectivity index (χ3v) is 7.27. The number of aromatic amines is 1. The average molecular weight is 518 g/mol. The summed E-state index contributed by atoms with van der Waals surface area (Å²) in [6.45, 7) is 6.84. The molecule has 0 radical (unpaired) electrons. The van der Waals surface area contributed by atoms with Crippen LogP contribution in [-0.2, 0) is 6.54 Å². The van der Waals surface area contributed by atoms with Gasteiger partial charge in [0.1, 0.15) is 23.9 Å². The van der Waals surface area contributed by atoms with Crippen LogP contribution in [0.2, 0.25) is 5.02 Å². The maximum atomic E-state index is 6.63. The average Bonchev–Trinajstić information content (AvgIpc) is 3.54. The van der Waals surface area contributed by atoms with Gasteiger partial charge in [-0.3, -0.25) is 5.10 Å². The molecule has 3 N–H and O–H groups in total. The molecular weight excluding hydrogens is 490 g/mol. The number of benzene rings is 1. The number of nitrogens with two attached hydrogens (primary N) is 1. The molecule has 0 bridgehead atoms. The highest BCUT2D eigenvalue weighted by Gasteiger charge is 2.24. The van der Waals surface area contributed by atoms with Crippen molar-refractivity contribution in [2.75, 3.05) is 18.8 Å². The van der Waals surface area contributed by atoms with Gasteiger partial charge in [-0.25, -0.2) is 19.6 Å². The van der Waals surface area contributed by atoms with Crippen molar-refractivity contribution in [3.05, 3.63) is 53.7 Å². The second-order valence-electron chi connectivity index (χ2n) is 9.65. The Kier molecular flexibility index (Phi) is 6.13. The Balaban J connectivity index is 1.38. The lowest BCUT2D eigenvalue weighted by atomic mass is 10.1. The van der Waals surface area contributed by atoms with Gasteiger partial charge in [0, 0.05) is 30.9 Å². The minimum atomic E-state index is 0.0861. The molecule has 0 saturated carbocycles. The molecule has 1 saturated heterocycles. The summed E-state index contributed by atoms with van der Waals surface area (Å²) >= 11 is 6.63. The number of nitrogen functional groups attached to an aromatic ring is 1. The van der Waals surface area contributed by atoms with E-state index in [0.29, 0.717) is 46.0 Å². The molecule has 1 aliphatic rings. The van der Waals surface area contributed by atoms with Gasteiger partial charge in [0.05, 0.1) is 34.2 Å². The first-order valence-corrected chi connectivity index (χ1v) is 12.8. The minimum absolute atomic E-state index is 0.0861. The van der Waals surface area contributed by atoms with Crippen LogP contribution in [0.3, 0.4) is 0 Å². The summed E-state index contributed by atoms with van der Waals surface area (Å²) in [5, 5.41) is 14.8. The van der Waals surface area contributed by atoms with Crippen LogP contribution < -0.4 is 10.5 Å². The van der Waals surface area contributed by atoms with Gasteiger partial charge >= 0.3 is 0 Å². The van der Waals surface area contributed by atoms with Crippen LogP contribution in [0.5, 0.6) is 5.88 Å².